The molecule has 0 aliphatic carbocycles. The number of aryl methyl sites for hydroxylation is 2. The maximum absolute atomic E-state index is 9.76. The summed E-state index contributed by atoms with van der Waals surface area (Å²) in [5.74, 6) is 0.558. The molecule has 2 N–H and O–H groups in total. The number of nitrogens with zero attached hydrogens (tertiary/aromatic N) is 1. The highest BCUT2D eigenvalue weighted by Gasteiger charge is 2.25. The summed E-state index contributed by atoms with van der Waals surface area (Å²) in [6, 6.07) is 39.2. The van der Waals surface area contributed by atoms with E-state index in [4.69, 9.17) is 0 Å². The van der Waals surface area contributed by atoms with Gasteiger partial charge in [-0.1, -0.05) is 82.3 Å². The van der Waals surface area contributed by atoms with Gasteiger partial charge in [0.15, 0.2) is 0 Å². The molecule has 5 rings (SSSR count). The molecule has 208 valence electrons. The summed E-state index contributed by atoms with van der Waals surface area (Å²) in [5.41, 5.74) is 10.1. The fraction of sp³-hybridized carbons (Fsp3) is 0.211. The van der Waals surface area contributed by atoms with E-state index in [0.717, 1.165) is 28.2 Å². The monoisotopic (exact) mass is 541 g/mol. The molecule has 0 saturated carbocycles. The van der Waals surface area contributed by atoms with Crippen molar-refractivity contribution in [1.29, 1.82) is 0 Å². The molecular weight excluding hydrogens is 502 g/mol. The molecule has 0 atom stereocenters. The van der Waals surface area contributed by atoms with Gasteiger partial charge in [0.05, 0.1) is 0 Å². The fourth-order valence-corrected chi connectivity index (χ4v) is 5.46. The van der Waals surface area contributed by atoms with Gasteiger partial charge in [-0.15, -0.1) is 0 Å². The Kier molecular flexibility index (Phi) is 7.40. The third kappa shape index (κ3) is 5.58. The zero-order chi connectivity index (χ0) is 29.4. The van der Waals surface area contributed by atoms with Gasteiger partial charge >= 0.3 is 0 Å². The average molecular weight is 542 g/mol. The second-order valence-corrected chi connectivity index (χ2v) is 12.0. The largest absolute Gasteiger partial charge is 0.508 e. The first-order valence-corrected chi connectivity index (χ1v) is 14.1. The molecule has 5 aromatic carbocycles. The van der Waals surface area contributed by atoms with E-state index >= 15 is 0 Å². The van der Waals surface area contributed by atoms with Gasteiger partial charge in [0.25, 0.3) is 0 Å². The van der Waals surface area contributed by atoms with E-state index < -0.39 is 0 Å². The van der Waals surface area contributed by atoms with E-state index in [1.54, 1.807) is 24.3 Å². The molecule has 0 saturated heterocycles. The molecule has 0 fully saturated rings. The molecule has 5 aromatic rings. The van der Waals surface area contributed by atoms with Crippen LogP contribution in [-0.2, 0) is 10.8 Å². The Bertz CT molecular complexity index is 1530. The standard InChI is InChI=1S/C38H39NO2/c1-26-7-16-34(25-27(26)2)39(32-17-8-28(9-18-32)37(3,4)30-12-21-35(40)22-13-30)33-19-10-29(11-20-33)38(5,6)31-14-23-36(41)24-15-31/h7-25,40-41H,1-6H3. The third-order valence-electron chi connectivity index (χ3n) is 8.62. The molecule has 41 heavy (non-hydrogen) atoms. The van der Waals surface area contributed by atoms with E-state index in [-0.39, 0.29) is 22.3 Å². The van der Waals surface area contributed by atoms with Crippen LogP contribution in [0.1, 0.15) is 61.1 Å². The molecule has 0 radical (unpaired) electrons. The van der Waals surface area contributed by atoms with Crippen LogP contribution in [0.4, 0.5) is 17.1 Å². The number of benzene rings is 5. The van der Waals surface area contributed by atoms with Crippen LogP contribution in [0.2, 0.25) is 0 Å². The van der Waals surface area contributed by atoms with Crippen LogP contribution in [0.25, 0.3) is 0 Å². The molecule has 0 heterocycles. The number of phenols is 2. The molecule has 0 aliphatic heterocycles. The van der Waals surface area contributed by atoms with Gasteiger partial charge in [-0.3, -0.25) is 0 Å². The summed E-state index contributed by atoms with van der Waals surface area (Å²) in [5, 5.41) is 19.5. The average Bonchev–Trinajstić information content (AvgIpc) is 2.96. The highest BCUT2D eigenvalue weighted by atomic mass is 16.3. The number of hydrogen-bond donors (Lipinski definition) is 2. The minimum Gasteiger partial charge on any atom is -0.508 e. The van der Waals surface area contributed by atoms with Crippen molar-refractivity contribution in [3.63, 3.8) is 0 Å². The van der Waals surface area contributed by atoms with Gasteiger partial charge in [0.1, 0.15) is 11.5 Å². The van der Waals surface area contributed by atoms with Gasteiger partial charge in [-0.25, -0.2) is 0 Å². The van der Waals surface area contributed by atoms with Crippen molar-refractivity contribution < 1.29 is 10.2 Å². The molecule has 3 nitrogen and oxygen atoms in total. The summed E-state index contributed by atoms with van der Waals surface area (Å²) in [7, 11) is 0. The van der Waals surface area contributed by atoms with Crippen molar-refractivity contribution in [3.8, 4) is 11.5 Å². The Labute approximate surface area is 244 Å². The summed E-state index contributed by atoms with van der Waals surface area (Å²) in [6.45, 7) is 13.1. The van der Waals surface area contributed by atoms with Gasteiger partial charge in [-0.2, -0.15) is 0 Å². The van der Waals surface area contributed by atoms with Crippen LogP contribution < -0.4 is 4.90 Å². The second-order valence-electron chi connectivity index (χ2n) is 12.0. The fourth-order valence-electron chi connectivity index (χ4n) is 5.46. The first-order chi connectivity index (χ1) is 19.5. The van der Waals surface area contributed by atoms with Crippen molar-refractivity contribution in [2.45, 2.75) is 52.4 Å². The Balaban J connectivity index is 1.53. The molecule has 0 spiro atoms. The lowest BCUT2D eigenvalue weighted by Gasteiger charge is -2.30. The van der Waals surface area contributed by atoms with Crippen LogP contribution in [0.5, 0.6) is 11.5 Å². The number of rotatable bonds is 7. The van der Waals surface area contributed by atoms with Crippen LogP contribution in [0.3, 0.4) is 0 Å². The Morgan fingerprint density at radius 3 is 1.07 bits per heavy atom. The maximum Gasteiger partial charge on any atom is 0.115 e. The number of phenolic OH excluding ortho intramolecular Hbond substituents is 2. The molecule has 0 amide bonds. The smallest absolute Gasteiger partial charge is 0.115 e. The molecule has 0 unspecified atom stereocenters. The topological polar surface area (TPSA) is 43.7 Å². The van der Waals surface area contributed by atoms with Crippen molar-refractivity contribution in [2.75, 3.05) is 4.90 Å². The van der Waals surface area contributed by atoms with Crippen molar-refractivity contribution in [3.05, 3.63) is 149 Å². The van der Waals surface area contributed by atoms with Crippen LogP contribution >= 0.6 is 0 Å². The zero-order valence-electron chi connectivity index (χ0n) is 24.8. The van der Waals surface area contributed by atoms with Crippen LogP contribution in [0, 0.1) is 13.8 Å². The van der Waals surface area contributed by atoms with Gasteiger partial charge in [0.2, 0.25) is 0 Å². The van der Waals surface area contributed by atoms with E-state index in [1.807, 2.05) is 24.3 Å². The predicted octanol–water partition coefficient (Wildman–Crippen LogP) is 9.84. The van der Waals surface area contributed by atoms with Gasteiger partial charge in [-0.05, 0) is 108 Å². The molecular formula is C38H39NO2. The quantitative estimate of drug-likeness (QED) is 0.215. The minimum absolute atomic E-state index is 0.209. The Hall–Kier alpha value is -4.50. The third-order valence-corrected chi connectivity index (χ3v) is 8.62. The highest BCUT2D eigenvalue weighted by Crippen LogP contribution is 2.40. The zero-order valence-corrected chi connectivity index (χ0v) is 24.8. The first kappa shape index (κ1) is 28.0. The van der Waals surface area contributed by atoms with Crippen molar-refractivity contribution in [1.82, 2.24) is 0 Å². The molecule has 0 aromatic heterocycles. The van der Waals surface area contributed by atoms with E-state index in [9.17, 15) is 10.2 Å². The summed E-state index contributed by atoms with van der Waals surface area (Å²) >= 11 is 0. The lowest BCUT2D eigenvalue weighted by molar-refractivity contribution is 0.474. The van der Waals surface area contributed by atoms with E-state index in [1.165, 1.54) is 22.3 Å². The Morgan fingerprint density at radius 1 is 0.415 bits per heavy atom. The molecule has 3 heteroatoms. The number of hydrogen-bond acceptors (Lipinski definition) is 3. The van der Waals surface area contributed by atoms with Crippen LogP contribution in [-0.4, -0.2) is 10.2 Å². The first-order valence-electron chi connectivity index (χ1n) is 14.1. The predicted molar refractivity (Wildman–Crippen MR) is 171 cm³/mol. The lowest BCUT2D eigenvalue weighted by atomic mass is 9.78. The normalized spacial score (nSPS) is 11.9. The molecule has 0 bridgehead atoms. The lowest BCUT2D eigenvalue weighted by Crippen LogP contribution is -2.19. The maximum atomic E-state index is 9.76. The number of aromatic hydroxyl groups is 2. The van der Waals surface area contributed by atoms with E-state index in [2.05, 4.69) is 113 Å². The highest BCUT2D eigenvalue weighted by molar-refractivity contribution is 5.77. The summed E-state index contributed by atoms with van der Waals surface area (Å²) in [4.78, 5) is 2.31. The van der Waals surface area contributed by atoms with Crippen molar-refractivity contribution >= 4 is 17.1 Å². The Morgan fingerprint density at radius 2 is 0.732 bits per heavy atom. The SMILES string of the molecule is Cc1ccc(N(c2ccc(C(C)(C)c3ccc(O)cc3)cc2)c2ccc(C(C)(C)c3ccc(O)cc3)cc2)cc1C. The van der Waals surface area contributed by atoms with E-state index in [0.29, 0.717) is 0 Å². The van der Waals surface area contributed by atoms with Gasteiger partial charge in [0, 0.05) is 27.9 Å². The summed E-state index contributed by atoms with van der Waals surface area (Å²) in [6.07, 6.45) is 0. The minimum atomic E-state index is -0.209. The van der Waals surface area contributed by atoms with Crippen LogP contribution in [0.15, 0.2) is 115 Å². The second kappa shape index (κ2) is 10.8. The van der Waals surface area contributed by atoms with Gasteiger partial charge < -0.3 is 15.1 Å². The summed E-state index contributed by atoms with van der Waals surface area (Å²) < 4.78 is 0. The molecule has 0 aliphatic rings. The number of anilines is 3. The van der Waals surface area contributed by atoms with Crippen molar-refractivity contribution in [2.24, 2.45) is 0 Å².